The van der Waals surface area contributed by atoms with Crippen LogP contribution in [-0.2, 0) is 4.74 Å². The van der Waals surface area contributed by atoms with Gasteiger partial charge in [-0.25, -0.2) is 0 Å². The highest BCUT2D eigenvalue weighted by molar-refractivity contribution is 14.1. The van der Waals surface area contributed by atoms with E-state index >= 15 is 0 Å². The zero-order valence-corrected chi connectivity index (χ0v) is 16.0. The molecular formula is C18H33IO. The molecule has 20 heavy (non-hydrogen) atoms. The highest BCUT2D eigenvalue weighted by Gasteiger charge is 2.63. The Labute approximate surface area is 139 Å². The lowest BCUT2D eigenvalue weighted by Gasteiger charge is -2.49. The Hall–Kier alpha value is 0.690. The molecule has 2 heteroatoms. The van der Waals surface area contributed by atoms with Crippen molar-refractivity contribution in [2.24, 2.45) is 23.2 Å². The van der Waals surface area contributed by atoms with Gasteiger partial charge in [-0.15, -0.1) is 0 Å². The van der Waals surface area contributed by atoms with Gasteiger partial charge >= 0.3 is 0 Å². The van der Waals surface area contributed by atoms with Gasteiger partial charge in [-0.2, -0.15) is 0 Å². The molecule has 2 fully saturated rings. The van der Waals surface area contributed by atoms with Crippen LogP contribution in [-0.4, -0.2) is 16.6 Å². The van der Waals surface area contributed by atoms with Crippen LogP contribution in [0.1, 0.15) is 72.6 Å². The summed E-state index contributed by atoms with van der Waals surface area (Å²) < 4.78 is 7.90. The van der Waals surface area contributed by atoms with Crippen molar-refractivity contribution >= 4 is 22.6 Å². The van der Waals surface area contributed by atoms with E-state index in [1.165, 1.54) is 49.4 Å². The van der Waals surface area contributed by atoms with Gasteiger partial charge in [0.2, 0.25) is 0 Å². The largest absolute Gasteiger partial charge is 0.373 e. The number of unbranched alkanes of at least 4 members (excludes halogenated alkanes) is 1. The third kappa shape index (κ3) is 2.80. The molecular weight excluding hydrogens is 359 g/mol. The van der Waals surface area contributed by atoms with Crippen LogP contribution >= 0.6 is 22.6 Å². The first-order valence-electron chi connectivity index (χ1n) is 8.71. The summed E-state index contributed by atoms with van der Waals surface area (Å²) in [6.45, 7) is 10.6. The maximum absolute atomic E-state index is 6.73. The summed E-state index contributed by atoms with van der Waals surface area (Å²) in [5.41, 5.74) is 0.538. The molecule has 0 spiro atoms. The zero-order valence-electron chi connectivity index (χ0n) is 13.9. The van der Waals surface area contributed by atoms with E-state index in [-0.39, 0.29) is 5.60 Å². The minimum Gasteiger partial charge on any atom is -0.373 e. The van der Waals surface area contributed by atoms with E-state index in [9.17, 15) is 0 Å². The highest BCUT2D eigenvalue weighted by Crippen LogP contribution is 2.63. The van der Waals surface area contributed by atoms with Crippen LogP contribution in [0.4, 0.5) is 0 Å². The molecule has 0 saturated heterocycles. The van der Waals surface area contributed by atoms with Crippen molar-refractivity contribution in [2.45, 2.75) is 78.2 Å². The molecule has 0 aliphatic heterocycles. The van der Waals surface area contributed by atoms with Gasteiger partial charge in [-0.05, 0) is 48.9 Å². The van der Waals surface area contributed by atoms with Gasteiger partial charge in [0.1, 0.15) is 0 Å². The molecule has 118 valence electrons. The lowest BCUT2D eigenvalue weighted by atomic mass is 9.66. The Morgan fingerprint density at radius 2 is 1.90 bits per heavy atom. The third-order valence-electron chi connectivity index (χ3n) is 6.52. The predicted molar refractivity (Wildman–Crippen MR) is 95.5 cm³/mol. The fourth-order valence-electron chi connectivity index (χ4n) is 4.72. The SMILES string of the molecule is CCCCC(CC)COC1(CI)C2CCC(C2)C1(C)C. The first-order valence-corrected chi connectivity index (χ1v) is 10.2. The van der Waals surface area contributed by atoms with E-state index < -0.39 is 0 Å². The van der Waals surface area contributed by atoms with Gasteiger partial charge in [-0.3, -0.25) is 0 Å². The molecule has 2 bridgehead atoms. The number of halogens is 1. The molecule has 1 nitrogen and oxygen atoms in total. The van der Waals surface area contributed by atoms with Crippen molar-refractivity contribution in [2.75, 3.05) is 11.0 Å². The van der Waals surface area contributed by atoms with E-state index in [2.05, 4.69) is 50.3 Å². The van der Waals surface area contributed by atoms with E-state index in [0.717, 1.165) is 24.4 Å². The number of hydrogen-bond donors (Lipinski definition) is 0. The van der Waals surface area contributed by atoms with Gasteiger partial charge in [0.05, 0.1) is 12.2 Å². The zero-order chi connectivity index (χ0) is 14.8. The smallest absolute Gasteiger partial charge is 0.0852 e. The van der Waals surface area contributed by atoms with Crippen molar-refractivity contribution < 1.29 is 4.74 Å². The van der Waals surface area contributed by atoms with Crippen LogP contribution < -0.4 is 0 Å². The number of rotatable bonds is 8. The molecule has 0 heterocycles. The highest BCUT2D eigenvalue weighted by atomic mass is 127. The van der Waals surface area contributed by atoms with Gasteiger partial charge < -0.3 is 4.74 Å². The summed E-state index contributed by atoms with van der Waals surface area (Å²) in [6, 6.07) is 0. The van der Waals surface area contributed by atoms with Gasteiger partial charge in [0, 0.05) is 4.43 Å². The molecule has 4 unspecified atom stereocenters. The number of hydrogen-bond acceptors (Lipinski definition) is 1. The van der Waals surface area contributed by atoms with Crippen LogP contribution in [0.15, 0.2) is 0 Å². The van der Waals surface area contributed by atoms with Gasteiger partial charge in [0.15, 0.2) is 0 Å². The maximum Gasteiger partial charge on any atom is 0.0852 e. The monoisotopic (exact) mass is 392 g/mol. The van der Waals surface area contributed by atoms with Crippen LogP contribution in [0.3, 0.4) is 0 Å². The minimum absolute atomic E-state index is 0.163. The summed E-state index contributed by atoms with van der Waals surface area (Å²) in [6.07, 6.45) is 9.54. The van der Waals surface area contributed by atoms with Crippen molar-refractivity contribution in [1.82, 2.24) is 0 Å². The standard InChI is InChI=1S/C18H33IO/c1-5-7-8-14(6-2)12-20-18(13-19)16-10-9-15(11-16)17(18,3)4/h14-16H,5-13H2,1-4H3. The molecule has 0 aromatic rings. The van der Waals surface area contributed by atoms with Crippen molar-refractivity contribution in [3.05, 3.63) is 0 Å². The lowest BCUT2D eigenvalue weighted by Crippen LogP contribution is -2.53. The van der Waals surface area contributed by atoms with E-state index in [1.54, 1.807) is 0 Å². The summed E-state index contributed by atoms with van der Waals surface area (Å²) in [7, 11) is 0. The fraction of sp³-hybridized carbons (Fsp3) is 1.00. The van der Waals surface area contributed by atoms with Gasteiger partial charge in [-0.1, -0.05) is 69.5 Å². The number of alkyl halides is 1. The maximum atomic E-state index is 6.73. The topological polar surface area (TPSA) is 9.23 Å². The van der Waals surface area contributed by atoms with Crippen LogP contribution in [0.5, 0.6) is 0 Å². The van der Waals surface area contributed by atoms with Crippen molar-refractivity contribution in [3.63, 3.8) is 0 Å². The molecule has 0 N–H and O–H groups in total. The molecule has 0 radical (unpaired) electrons. The first-order chi connectivity index (χ1) is 9.51. The minimum atomic E-state index is 0.163. The number of ether oxygens (including phenoxy) is 1. The summed E-state index contributed by atoms with van der Waals surface area (Å²) >= 11 is 2.59. The average molecular weight is 392 g/mol. The second kappa shape index (κ2) is 6.85. The van der Waals surface area contributed by atoms with Crippen molar-refractivity contribution in [3.8, 4) is 0 Å². The van der Waals surface area contributed by atoms with Crippen molar-refractivity contribution in [1.29, 1.82) is 0 Å². The molecule has 2 saturated carbocycles. The molecule has 2 aliphatic carbocycles. The van der Waals surface area contributed by atoms with E-state index in [1.807, 2.05) is 0 Å². The number of fused-ring (bicyclic) bond motifs is 2. The van der Waals surface area contributed by atoms with Crippen LogP contribution in [0.25, 0.3) is 0 Å². The predicted octanol–water partition coefficient (Wildman–Crippen LogP) is 5.85. The average Bonchev–Trinajstić information content (AvgIpc) is 2.99. The Bertz CT molecular complexity index is 315. The summed E-state index contributed by atoms with van der Waals surface area (Å²) in [5.74, 6) is 2.49. The molecule has 0 amide bonds. The lowest BCUT2D eigenvalue weighted by molar-refractivity contribution is -0.145. The van der Waals surface area contributed by atoms with Crippen LogP contribution in [0, 0.1) is 23.2 Å². The molecule has 2 aliphatic rings. The Kier molecular flexibility index (Phi) is 5.84. The summed E-state index contributed by atoms with van der Waals surface area (Å²) in [4.78, 5) is 0. The second-order valence-electron chi connectivity index (χ2n) is 7.68. The molecule has 0 aromatic carbocycles. The van der Waals surface area contributed by atoms with Crippen LogP contribution in [0.2, 0.25) is 0 Å². The molecule has 0 aromatic heterocycles. The fourth-order valence-corrected chi connectivity index (χ4v) is 6.55. The van der Waals surface area contributed by atoms with E-state index in [4.69, 9.17) is 4.74 Å². The normalized spacial score (nSPS) is 36.5. The Balaban J connectivity index is 2.01. The van der Waals surface area contributed by atoms with Gasteiger partial charge in [0.25, 0.3) is 0 Å². The summed E-state index contributed by atoms with van der Waals surface area (Å²) in [5, 5.41) is 0. The molecule has 2 rings (SSSR count). The quantitative estimate of drug-likeness (QED) is 0.372. The van der Waals surface area contributed by atoms with E-state index in [0.29, 0.717) is 5.41 Å². The molecule has 4 atom stereocenters. The third-order valence-corrected chi connectivity index (χ3v) is 7.65. The first kappa shape index (κ1) is 17.1. The second-order valence-corrected chi connectivity index (χ2v) is 8.44. The Morgan fingerprint density at radius 1 is 1.20 bits per heavy atom. The Morgan fingerprint density at radius 3 is 2.40 bits per heavy atom.